The van der Waals surface area contributed by atoms with E-state index in [2.05, 4.69) is 20.3 Å². The SMILES string of the molecule is CSc1ncc2c(Nc3ccccc3)nc(Cl)cc2n1. The highest BCUT2D eigenvalue weighted by Crippen LogP contribution is 2.26. The number of nitrogens with zero attached hydrogens (tertiary/aromatic N) is 3. The summed E-state index contributed by atoms with van der Waals surface area (Å²) in [6, 6.07) is 11.5. The summed E-state index contributed by atoms with van der Waals surface area (Å²) in [5.41, 5.74) is 1.72. The first-order valence-electron chi connectivity index (χ1n) is 5.95. The summed E-state index contributed by atoms with van der Waals surface area (Å²) < 4.78 is 0. The van der Waals surface area contributed by atoms with Gasteiger partial charge in [0.05, 0.1) is 10.9 Å². The standard InChI is InChI=1S/C14H11ClN4S/c1-20-14-16-8-10-11(18-14)7-12(15)19-13(10)17-9-5-3-2-4-6-9/h2-8H,1H3,(H,17,19). The number of anilines is 2. The van der Waals surface area contributed by atoms with Crippen molar-refractivity contribution in [1.29, 1.82) is 0 Å². The Morgan fingerprint density at radius 2 is 1.95 bits per heavy atom. The van der Waals surface area contributed by atoms with Crippen molar-refractivity contribution >= 4 is 45.8 Å². The Morgan fingerprint density at radius 1 is 1.15 bits per heavy atom. The summed E-state index contributed by atoms with van der Waals surface area (Å²) in [6.45, 7) is 0. The number of para-hydroxylation sites is 1. The Hall–Kier alpha value is -1.85. The van der Waals surface area contributed by atoms with Gasteiger partial charge in [-0.25, -0.2) is 15.0 Å². The number of nitrogens with one attached hydrogen (secondary N) is 1. The molecular weight excluding hydrogens is 292 g/mol. The molecule has 2 aromatic heterocycles. The largest absolute Gasteiger partial charge is 0.340 e. The number of halogens is 1. The molecule has 0 saturated heterocycles. The van der Waals surface area contributed by atoms with Gasteiger partial charge >= 0.3 is 0 Å². The molecule has 100 valence electrons. The summed E-state index contributed by atoms with van der Waals surface area (Å²) in [4.78, 5) is 13.0. The first kappa shape index (κ1) is 13.1. The van der Waals surface area contributed by atoms with Crippen LogP contribution < -0.4 is 5.32 Å². The summed E-state index contributed by atoms with van der Waals surface area (Å²) in [7, 11) is 0. The maximum absolute atomic E-state index is 6.07. The molecule has 0 aliphatic carbocycles. The fourth-order valence-electron chi connectivity index (χ4n) is 1.83. The number of rotatable bonds is 3. The molecule has 3 aromatic rings. The number of pyridine rings is 1. The van der Waals surface area contributed by atoms with Crippen molar-refractivity contribution in [1.82, 2.24) is 15.0 Å². The van der Waals surface area contributed by atoms with Crippen LogP contribution in [-0.4, -0.2) is 21.2 Å². The van der Waals surface area contributed by atoms with Gasteiger partial charge in [-0.05, 0) is 18.4 Å². The average Bonchev–Trinajstić information content (AvgIpc) is 2.47. The van der Waals surface area contributed by atoms with E-state index in [1.807, 2.05) is 36.6 Å². The van der Waals surface area contributed by atoms with E-state index in [1.54, 1.807) is 12.3 Å². The third-order valence-electron chi connectivity index (χ3n) is 2.74. The van der Waals surface area contributed by atoms with Gasteiger partial charge in [-0.15, -0.1) is 0 Å². The monoisotopic (exact) mass is 302 g/mol. The van der Waals surface area contributed by atoms with Crippen molar-refractivity contribution in [2.75, 3.05) is 11.6 Å². The number of benzene rings is 1. The Morgan fingerprint density at radius 3 is 2.70 bits per heavy atom. The molecule has 1 N–H and O–H groups in total. The zero-order valence-corrected chi connectivity index (χ0v) is 12.2. The Balaban J connectivity index is 2.10. The number of fused-ring (bicyclic) bond motifs is 1. The minimum atomic E-state index is 0.404. The molecule has 0 fully saturated rings. The van der Waals surface area contributed by atoms with Crippen LogP contribution in [0.5, 0.6) is 0 Å². The van der Waals surface area contributed by atoms with Gasteiger partial charge in [-0.2, -0.15) is 0 Å². The third kappa shape index (κ3) is 2.69. The topological polar surface area (TPSA) is 50.7 Å². The van der Waals surface area contributed by atoms with Crippen molar-refractivity contribution < 1.29 is 0 Å². The predicted molar refractivity (Wildman–Crippen MR) is 83.8 cm³/mol. The van der Waals surface area contributed by atoms with Gasteiger partial charge in [0.2, 0.25) is 0 Å². The lowest BCUT2D eigenvalue weighted by Gasteiger charge is -2.09. The van der Waals surface area contributed by atoms with Crippen LogP contribution in [0.25, 0.3) is 10.9 Å². The molecule has 0 aliphatic heterocycles. The van der Waals surface area contributed by atoms with Crippen LogP contribution in [0, 0.1) is 0 Å². The van der Waals surface area contributed by atoms with Gasteiger partial charge in [-0.3, -0.25) is 0 Å². The van der Waals surface area contributed by atoms with E-state index in [1.165, 1.54) is 11.8 Å². The van der Waals surface area contributed by atoms with Crippen molar-refractivity contribution in [2.24, 2.45) is 0 Å². The predicted octanol–water partition coefficient (Wildman–Crippen LogP) is 4.14. The van der Waals surface area contributed by atoms with Crippen LogP contribution in [0.3, 0.4) is 0 Å². The lowest BCUT2D eigenvalue weighted by molar-refractivity contribution is 1.00. The maximum atomic E-state index is 6.07. The molecule has 0 radical (unpaired) electrons. The molecule has 6 heteroatoms. The van der Waals surface area contributed by atoms with Crippen LogP contribution in [0.2, 0.25) is 5.15 Å². The minimum absolute atomic E-state index is 0.404. The van der Waals surface area contributed by atoms with E-state index in [4.69, 9.17) is 11.6 Å². The van der Waals surface area contributed by atoms with E-state index < -0.39 is 0 Å². The molecule has 0 saturated carbocycles. The Labute approximate surface area is 125 Å². The zero-order chi connectivity index (χ0) is 13.9. The Kier molecular flexibility index (Phi) is 3.71. The minimum Gasteiger partial charge on any atom is -0.340 e. The first-order valence-corrected chi connectivity index (χ1v) is 7.56. The number of thioether (sulfide) groups is 1. The molecule has 0 bridgehead atoms. The van der Waals surface area contributed by atoms with Crippen LogP contribution in [0.4, 0.5) is 11.5 Å². The molecule has 0 unspecified atom stereocenters. The van der Waals surface area contributed by atoms with Crippen LogP contribution in [0.1, 0.15) is 0 Å². The van der Waals surface area contributed by atoms with Crippen LogP contribution in [-0.2, 0) is 0 Å². The van der Waals surface area contributed by atoms with Gasteiger partial charge < -0.3 is 5.32 Å². The molecule has 20 heavy (non-hydrogen) atoms. The van der Waals surface area contributed by atoms with Gasteiger partial charge in [-0.1, -0.05) is 41.6 Å². The van der Waals surface area contributed by atoms with E-state index in [9.17, 15) is 0 Å². The molecule has 0 aliphatic rings. The highest BCUT2D eigenvalue weighted by Gasteiger charge is 2.08. The smallest absolute Gasteiger partial charge is 0.187 e. The van der Waals surface area contributed by atoms with Crippen LogP contribution in [0.15, 0.2) is 47.8 Å². The fraction of sp³-hybridized carbons (Fsp3) is 0.0714. The van der Waals surface area contributed by atoms with Crippen molar-refractivity contribution in [3.05, 3.63) is 47.7 Å². The third-order valence-corrected chi connectivity index (χ3v) is 3.50. The van der Waals surface area contributed by atoms with Gasteiger partial charge in [0.25, 0.3) is 0 Å². The highest BCUT2D eigenvalue weighted by molar-refractivity contribution is 7.98. The van der Waals surface area contributed by atoms with Crippen molar-refractivity contribution in [2.45, 2.75) is 5.16 Å². The average molecular weight is 303 g/mol. The van der Waals surface area contributed by atoms with E-state index in [0.29, 0.717) is 16.1 Å². The highest BCUT2D eigenvalue weighted by atomic mass is 35.5. The maximum Gasteiger partial charge on any atom is 0.187 e. The van der Waals surface area contributed by atoms with E-state index in [0.717, 1.165) is 16.6 Å². The fourth-order valence-corrected chi connectivity index (χ4v) is 2.37. The molecular formula is C14H11ClN4S. The second-order valence-corrected chi connectivity index (χ2v) is 5.23. The summed E-state index contributed by atoms with van der Waals surface area (Å²) in [5.74, 6) is 0.659. The second-order valence-electron chi connectivity index (χ2n) is 4.07. The molecule has 1 aromatic carbocycles. The zero-order valence-electron chi connectivity index (χ0n) is 10.7. The molecule has 4 nitrogen and oxygen atoms in total. The molecule has 2 heterocycles. The van der Waals surface area contributed by atoms with E-state index in [-0.39, 0.29) is 0 Å². The van der Waals surface area contributed by atoms with Crippen LogP contribution >= 0.6 is 23.4 Å². The first-order chi connectivity index (χ1) is 9.76. The van der Waals surface area contributed by atoms with E-state index >= 15 is 0 Å². The van der Waals surface area contributed by atoms with Gasteiger partial charge in [0.15, 0.2) is 5.16 Å². The molecule has 3 rings (SSSR count). The summed E-state index contributed by atoms with van der Waals surface area (Å²) in [5, 5.41) is 5.20. The lowest BCUT2D eigenvalue weighted by Crippen LogP contribution is -1.97. The Bertz CT molecular complexity index is 749. The number of hydrogen-bond acceptors (Lipinski definition) is 5. The normalized spacial score (nSPS) is 10.7. The molecule has 0 spiro atoms. The van der Waals surface area contributed by atoms with Crippen molar-refractivity contribution in [3.63, 3.8) is 0 Å². The lowest BCUT2D eigenvalue weighted by atomic mass is 10.2. The van der Waals surface area contributed by atoms with Crippen molar-refractivity contribution in [3.8, 4) is 0 Å². The van der Waals surface area contributed by atoms with Gasteiger partial charge in [0, 0.05) is 18.0 Å². The molecule has 0 amide bonds. The second kappa shape index (κ2) is 5.64. The summed E-state index contributed by atoms with van der Waals surface area (Å²) in [6.07, 6.45) is 3.70. The van der Waals surface area contributed by atoms with Gasteiger partial charge in [0.1, 0.15) is 11.0 Å². The number of hydrogen-bond donors (Lipinski definition) is 1. The molecule has 0 atom stereocenters. The summed E-state index contributed by atoms with van der Waals surface area (Å²) >= 11 is 7.56. The quantitative estimate of drug-likeness (QED) is 0.447. The number of aromatic nitrogens is 3.